The predicted octanol–water partition coefficient (Wildman–Crippen LogP) is 2.83. The molecular formula is C15H18ClN3O4S2. The Morgan fingerprint density at radius 2 is 1.64 bits per heavy atom. The molecule has 0 unspecified atom stereocenters. The minimum absolute atomic E-state index is 0.0131. The molecule has 1 aromatic carbocycles. The highest BCUT2D eigenvalue weighted by Crippen LogP contribution is 2.32. The largest absolute Gasteiger partial charge is 0.283 e. The van der Waals surface area contributed by atoms with E-state index in [1.54, 1.807) is 26.8 Å². The van der Waals surface area contributed by atoms with E-state index in [0.717, 1.165) is 6.26 Å². The van der Waals surface area contributed by atoms with Crippen molar-refractivity contribution in [1.82, 2.24) is 4.98 Å². The standard InChI is InChI=1S/C15H18ClN3O4S2/c1-9-7-10(2)15(11(3)14(9)19-24(4,20)21)25(22,23)18-12-5-6-13(16)17-8-12/h5-8,18-19H,1-4H3. The zero-order valence-electron chi connectivity index (χ0n) is 14.1. The molecule has 0 radical (unpaired) electrons. The Labute approximate surface area is 152 Å². The average Bonchev–Trinajstić information content (AvgIpc) is 2.44. The van der Waals surface area contributed by atoms with Crippen molar-refractivity contribution in [2.75, 3.05) is 15.7 Å². The van der Waals surface area contributed by atoms with Crippen LogP contribution in [0.25, 0.3) is 0 Å². The van der Waals surface area contributed by atoms with Crippen LogP contribution in [-0.4, -0.2) is 28.1 Å². The molecule has 136 valence electrons. The van der Waals surface area contributed by atoms with Gasteiger partial charge in [-0.25, -0.2) is 21.8 Å². The highest BCUT2D eigenvalue weighted by atomic mass is 35.5. The molecule has 0 saturated heterocycles. The molecule has 0 fully saturated rings. The average molecular weight is 404 g/mol. The van der Waals surface area contributed by atoms with Crippen LogP contribution in [0.2, 0.25) is 5.15 Å². The van der Waals surface area contributed by atoms with Crippen LogP contribution in [0.15, 0.2) is 29.3 Å². The Balaban J connectivity index is 2.57. The summed E-state index contributed by atoms with van der Waals surface area (Å²) in [5, 5.41) is 0.241. The van der Waals surface area contributed by atoms with E-state index in [9.17, 15) is 16.8 Å². The molecule has 0 aliphatic heterocycles. The number of nitrogens with zero attached hydrogens (tertiary/aromatic N) is 1. The monoisotopic (exact) mass is 403 g/mol. The predicted molar refractivity (Wildman–Crippen MR) is 99.2 cm³/mol. The van der Waals surface area contributed by atoms with Crippen molar-refractivity contribution < 1.29 is 16.8 Å². The smallest absolute Gasteiger partial charge is 0.262 e. The van der Waals surface area contributed by atoms with Crippen LogP contribution in [-0.2, 0) is 20.0 Å². The Morgan fingerprint density at radius 1 is 1.00 bits per heavy atom. The van der Waals surface area contributed by atoms with Crippen LogP contribution in [0.4, 0.5) is 11.4 Å². The summed E-state index contributed by atoms with van der Waals surface area (Å²) in [6.45, 7) is 4.92. The highest BCUT2D eigenvalue weighted by molar-refractivity contribution is 7.93. The van der Waals surface area contributed by atoms with Crippen molar-refractivity contribution in [3.05, 3.63) is 46.2 Å². The van der Waals surface area contributed by atoms with Crippen molar-refractivity contribution in [1.29, 1.82) is 0 Å². The highest BCUT2D eigenvalue weighted by Gasteiger charge is 2.24. The molecule has 7 nitrogen and oxygen atoms in total. The summed E-state index contributed by atoms with van der Waals surface area (Å²) in [4.78, 5) is 3.84. The lowest BCUT2D eigenvalue weighted by molar-refractivity contribution is 0.599. The summed E-state index contributed by atoms with van der Waals surface area (Å²) in [5.41, 5.74) is 1.96. The number of benzene rings is 1. The van der Waals surface area contributed by atoms with E-state index >= 15 is 0 Å². The van der Waals surface area contributed by atoms with Gasteiger partial charge in [0.1, 0.15) is 5.15 Å². The van der Waals surface area contributed by atoms with Gasteiger partial charge < -0.3 is 0 Å². The number of pyridine rings is 1. The molecule has 0 aliphatic rings. The fraction of sp³-hybridized carbons (Fsp3) is 0.267. The first-order valence-corrected chi connectivity index (χ1v) is 10.9. The van der Waals surface area contributed by atoms with Crippen molar-refractivity contribution in [2.45, 2.75) is 25.7 Å². The van der Waals surface area contributed by atoms with Gasteiger partial charge in [-0.15, -0.1) is 0 Å². The summed E-state index contributed by atoms with van der Waals surface area (Å²) in [7, 11) is -7.50. The van der Waals surface area contributed by atoms with Gasteiger partial charge in [0.25, 0.3) is 10.0 Å². The van der Waals surface area contributed by atoms with E-state index in [1.165, 1.54) is 18.3 Å². The molecule has 0 amide bonds. The van der Waals surface area contributed by atoms with Gasteiger partial charge in [-0.05, 0) is 49.6 Å². The number of halogens is 1. The van der Waals surface area contributed by atoms with Crippen LogP contribution in [0.3, 0.4) is 0 Å². The summed E-state index contributed by atoms with van der Waals surface area (Å²) in [6.07, 6.45) is 2.31. The van der Waals surface area contributed by atoms with Gasteiger partial charge in [-0.3, -0.25) is 9.44 Å². The van der Waals surface area contributed by atoms with Crippen LogP contribution in [0, 0.1) is 20.8 Å². The second-order valence-electron chi connectivity index (χ2n) is 5.69. The number of aryl methyl sites for hydroxylation is 2. The Hall–Kier alpha value is -1.84. The third-order valence-electron chi connectivity index (χ3n) is 3.44. The topological polar surface area (TPSA) is 105 Å². The molecule has 0 spiro atoms. The number of rotatable bonds is 5. The first kappa shape index (κ1) is 19.5. The van der Waals surface area contributed by atoms with Gasteiger partial charge in [0.2, 0.25) is 10.0 Å². The molecule has 2 rings (SSSR count). The SMILES string of the molecule is Cc1cc(C)c(S(=O)(=O)Nc2ccc(Cl)nc2)c(C)c1NS(C)(=O)=O. The molecule has 1 heterocycles. The molecule has 1 aromatic heterocycles. The zero-order chi connectivity index (χ0) is 19.0. The minimum Gasteiger partial charge on any atom is -0.283 e. The summed E-state index contributed by atoms with van der Waals surface area (Å²) < 4.78 is 53.6. The first-order chi connectivity index (χ1) is 11.4. The quantitative estimate of drug-likeness (QED) is 0.747. The molecule has 0 atom stereocenters. The summed E-state index contributed by atoms with van der Waals surface area (Å²) in [6, 6.07) is 4.57. The Kier molecular flexibility index (Phi) is 5.31. The Bertz CT molecular complexity index is 1020. The lowest BCUT2D eigenvalue weighted by Gasteiger charge is -2.18. The summed E-state index contributed by atoms with van der Waals surface area (Å²) in [5.74, 6) is 0. The van der Waals surface area contributed by atoms with Crippen molar-refractivity contribution in [3.63, 3.8) is 0 Å². The molecule has 0 bridgehead atoms. The fourth-order valence-corrected chi connectivity index (χ4v) is 4.88. The van der Waals surface area contributed by atoms with Gasteiger partial charge >= 0.3 is 0 Å². The van der Waals surface area contributed by atoms with Gasteiger partial charge in [0.15, 0.2) is 0 Å². The van der Waals surface area contributed by atoms with Gasteiger partial charge in [-0.2, -0.15) is 0 Å². The van der Waals surface area contributed by atoms with Gasteiger partial charge in [-0.1, -0.05) is 17.7 Å². The number of hydrogen-bond donors (Lipinski definition) is 2. The molecule has 0 aliphatic carbocycles. The zero-order valence-corrected chi connectivity index (χ0v) is 16.5. The van der Waals surface area contributed by atoms with Crippen LogP contribution >= 0.6 is 11.6 Å². The molecule has 10 heteroatoms. The van der Waals surface area contributed by atoms with Gasteiger partial charge in [0, 0.05) is 0 Å². The third kappa shape index (κ3) is 4.62. The van der Waals surface area contributed by atoms with Crippen molar-refractivity contribution in [3.8, 4) is 0 Å². The lowest BCUT2D eigenvalue weighted by atomic mass is 10.1. The lowest BCUT2D eigenvalue weighted by Crippen LogP contribution is -2.19. The van der Waals surface area contributed by atoms with E-state index in [-0.39, 0.29) is 21.4 Å². The van der Waals surface area contributed by atoms with E-state index in [1.807, 2.05) is 0 Å². The molecule has 0 saturated carbocycles. The molecule has 2 aromatic rings. The third-order valence-corrected chi connectivity index (χ3v) is 5.91. The van der Waals surface area contributed by atoms with Gasteiger partial charge in [0.05, 0.1) is 28.7 Å². The van der Waals surface area contributed by atoms with Crippen molar-refractivity contribution in [2.24, 2.45) is 0 Å². The van der Waals surface area contributed by atoms with Crippen LogP contribution < -0.4 is 9.44 Å². The first-order valence-electron chi connectivity index (χ1n) is 7.13. The number of anilines is 2. The van der Waals surface area contributed by atoms with Crippen molar-refractivity contribution >= 4 is 43.0 Å². The maximum Gasteiger partial charge on any atom is 0.262 e. The Morgan fingerprint density at radius 3 is 2.16 bits per heavy atom. The number of hydrogen-bond acceptors (Lipinski definition) is 5. The molecule has 2 N–H and O–H groups in total. The molecular weight excluding hydrogens is 386 g/mol. The van der Waals surface area contributed by atoms with Crippen LogP contribution in [0.1, 0.15) is 16.7 Å². The normalized spacial score (nSPS) is 12.0. The fourth-order valence-electron chi connectivity index (χ4n) is 2.57. The maximum atomic E-state index is 12.8. The number of sulfonamides is 2. The maximum absolute atomic E-state index is 12.8. The summed E-state index contributed by atoms with van der Waals surface area (Å²) >= 11 is 5.70. The number of aromatic nitrogens is 1. The second kappa shape index (κ2) is 6.81. The second-order valence-corrected chi connectivity index (χ2v) is 9.44. The minimum atomic E-state index is -3.95. The van der Waals surface area contributed by atoms with E-state index in [0.29, 0.717) is 16.7 Å². The van der Waals surface area contributed by atoms with E-state index < -0.39 is 20.0 Å². The van der Waals surface area contributed by atoms with E-state index in [2.05, 4.69) is 14.4 Å². The number of nitrogens with one attached hydrogen (secondary N) is 2. The molecule has 25 heavy (non-hydrogen) atoms. The van der Waals surface area contributed by atoms with Crippen LogP contribution in [0.5, 0.6) is 0 Å². The van der Waals surface area contributed by atoms with E-state index in [4.69, 9.17) is 11.6 Å².